The predicted octanol–water partition coefficient (Wildman–Crippen LogP) is 6.03. The summed E-state index contributed by atoms with van der Waals surface area (Å²) < 4.78 is 5.32. The zero-order chi connectivity index (χ0) is 17.6. The summed E-state index contributed by atoms with van der Waals surface area (Å²) in [5.41, 5.74) is 1.87. The molecule has 25 heavy (non-hydrogen) atoms. The lowest BCUT2D eigenvalue weighted by molar-refractivity contribution is 0.0734. The number of aromatic nitrogens is 1. The predicted molar refractivity (Wildman–Crippen MR) is 100 cm³/mol. The molecule has 1 heterocycles. The number of carbonyl (C=O) groups excluding carboxylic acids is 1. The molecule has 0 unspecified atom stereocenters. The lowest BCUT2D eigenvalue weighted by Crippen LogP contribution is -2.13. The van der Waals surface area contributed by atoms with Gasteiger partial charge in [0.15, 0.2) is 5.75 Å². The molecule has 3 nitrogen and oxygen atoms in total. The Hall–Kier alpha value is -1.87. The summed E-state index contributed by atoms with van der Waals surface area (Å²) in [5.74, 6) is 1.50. The van der Waals surface area contributed by atoms with Crippen LogP contribution in [0.1, 0.15) is 67.3 Å². The molecule has 0 radical (unpaired) electrons. The van der Waals surface area contributed by atoms with E-state index in [-0.39, 0.29) is 5.97 Å². The number of hydrogen-bond donors (Lipinski definition) is 0. The first-order chi connectivity index (χ1) is 12.2. The molecular weight excluding hydrogens is 334 g/mol. The highest BCUT2D eigenvalue weighted by molar-refractivity contribution is 6.30. The van der Waals surface area contributed by atoms with Gasteiger partial charge < -0.3 is 4.74 Å². The second-order valence-electron chi connectivity index (χ2n) is 6.86. The average Bonchev–Trinajstić information content (AvgIpc) is 2.63. The molecule has 1 fully saturated rings. The van der Waals surface area contributed by atoms with Gasteiger partial charge in [-0.05, 0) is 55.2 Å². The van der Waals surface area contributed by atoms with Crippen molar-refractivity contribution in [3.05, 3.63) is 58.9 Å². The molecule has 0 amide bonds. The maximum atomic E-state index is 12.2. The molecule has 1 aliphatic rings. The molecule has 1 aromatic heterocycles. The molecule has 0 atom stereocenters. The Labute approximate surface area is 154 Å². The van der Waals surface area contributed by atoms with Gasteiger partial charge in [0, 0.05) is 12.3 Å². The first-order valence-corrected chi connectivity index (χ1v) is 9.46. The van der Waals surface area contributed by atoms with E-state index in [1.807, 2.05) is 12.1 Å². The van der Waals surface area contributed by atoms with E-state index in [4.69, 9.17) is 16.3 Å². The zero-order valence-corrected chi connectivity index (χ0v) is 15.3. The number of carbonyl (C=O) groups is 1. The molecule has 2 aromatic rings. The van der Waals surface area contributed by atoms with Crippen molar-refractivity contribution < 1.29 is 9.53 Å². The normalized spacial score (nSPS) is 20.2. The minimum absolute atomic E-state index is 0.357. The summed E-state index contributed by atoms with van der Waals surface area (Å²) in [6.07, 6.45) is 10.8. The van der Waals surface area contributed by atoms with Gasteiger partial charge in [-0.1, -0.05) is 43.5 Å². The number of benzene rings is 1. The Bertz CT molecular complexity index is 706. The smallest absolute Gasteiger partial charge is 0.343 e. The van der Waals surface area contributed by atoms with Crippen molar-refractivity contribution in [1.29, 1.82) is 0 Å². The number of pyridine rings is 1. The first kappa shape index (κ1) is 17.9. The third-order valence-corrected chi connectivity index (χ3v) is 5.26. The van der Waals surface area contributed by atoms with Crippen molar-refractivity contribution in [2.75, 3.05) is 0 Å². The minimum Gasteiger partial charge on any atom is -0.421 e. The molecule has 0 spiro atoms. The lowest BCUT2D eigenvalue weighted by atomic mass is 9.77. The third-order valence-electron chi connectivity index (χ3n) is 5.05. The van der Waals surface area contributed by atoms with Crippen molar-refractivity contribution in [3.8, 4) is 5.75 Å². The Kier molecular flexibility index (Phi) is 6.09. The monoisotopic (exact) mass is 357 g/mol. The Balaban J connectivity index is 1.59. The van der Waals surface area contributed by atoms with Crippen molar-refractivity contribution in [2.24, 2.45) is 5.92 Å². The molecule has 1 saturated carbocycles. The van der Waals surface area contributed by atoms with Gasteiger partial charge in [-0.3, -0.25) is 4.98 Å². The summed E-state index contributed by atoms with van der Waals surface area (Å²) in [7, 11) is 0. The van der Waals surface area contributed by atoms with Crippen LogP contribution >= 0.6 is 11.6 Å². The van der Waals surface area contributed by atoms with Crippen LogP contribution < -0.4 is 4.74 Å². The highest BCUT2D eigenvalue weighted by Gasteiger charge is 2.22. The quantitative estimate of drug-likeness (QED) is 0.613. The highest BCUT2D eigenvalue weighted by Crippen LogP contribution is 2.37. The number of nitrogens with zero attached hydrogens (tertiary/aromatic N) is 1. The van der Waals surface area contributed by atoms with E-state index >= 15 is 0 Å². The van der Waals surface area contributed by atoms with Crippen LogP contribution in [0.4, 0.5) is 0 Å². The van der Waals surface area contributed by atoms with Crippen LogP contribution in [0, 0.1) is 5.92 Å². The number of halogens is 1. The van der Waals surface area contributed by atoms with E-state index in [0.29, 0.717) is 22.3 Å². The first-order valence-electron chi connectivity index (χ1n) is 9.08. The maximum absolute atomic E-state index is 12.2. The Morgan fingerprint density at radius 3 is 2.52 bits per heavy atom. The minimum atomic E-state index is -0.387. The Morgan fingerprint density at radius 2 is 1.88 bits per heavy atom. The average molecular weight is 358 g/mol. The van der Waals surface area contributed by atoms with Crippen LogP contribution in [0.5, 0.6) is 5.75 Å². The van der Waals surface area contributed by atoms with Gasteiger partial charge in [0.25, 0.3) is 0 Å². The van der Waals surface area contributed by atoms with Crippen LogP contribution in [0.2, 0.25) is 5.02 Å². The molecule has 0 saturated heterocycles. The van der Waals surface area contributed by atoms with Gasteiger partial charge >= 0.3 is 5.97 Å². The summed E-state index contributed by atoms with van der Waals surface area (Å²) in [5, 5.41) is 0.444. The van der Waals surface area contributed by atoms with Crippen molar-refractivity contribution in [3.63, 3.8) is 0 Å². The topological polar surface area (TPSA) is 39.2 Å². The van der Waals surface area contributed by atoms with Crippen LogP contribution in [0.3, 0.4) is 0 Å². The highest BCUT2D eigenvalue weighted by atomic mass is 35.5. The second-order valence-corrected chi connectivity index (χ2v) is 7.29. The largest absolute Gasteiger partial charge is 0.421 e. The molecule has 132 valence electrons. The molecular formula is C21H24ClNO2. The fraction of sp³-hybridized carbons (Fsp3) is 0.429. The van der Waals surface area contributed by atoms with Gasteiger partial charge in [0.05, 0.1) is 16.8 Å². The Morgan fingerprint density at radius 1 is 1.16 bits per heavy atom. The van der Waals surface area contributed by atoms with E-state index < -0.39 is 0 Å². The van der Waals surface area contributed by atoms with E-state index in [0.717, 1.165) is 5.92 Å². The van der Waals surface area contributed by atoms with Crippen LogP contribution in [-0.4, -0.2) is 11.0 Å². The molecule has 1 aliphatic carbocycles. The van der Waals surface area contributed by atoms with E-state index in [9.17, 15) is 4.79 Å². The molecule has 0 bridgehead atoms. The number of esters is 1. The van der Waals surface area contributed by atoms with Gasteiger partial charge in [-0.15, -0.1) is 0 Å². The lowest BCUT2D eigenvalue weighted by Gasteiger charge is -2.28. The summed E-state index contributed by atoms with van der Waals surface area (Å²) in [6, 6.07) is 9.42. The maximum Gasteiger partial charge on any atom is 0.343 e. The van der Waals surface area contributed by atoms with Gasteiger partial charge in [-0.25, -0.2) is 4.79 Å². The van der Waals surface area contributed by atoms with Crippen molar-refractivity contribution in [2.45, 2.75) is 51.4 Å². The molecule has 1 aromatic carbocycles. The van der Waals surface area contributed by atoms with E-state index in [1.165, 1.54) is 56.5 Å². The fourth-order valence-corrected chi connectivity index (χ4v) is 3.86. The second kappa shape index (κ2) is 8.48. The van der Waals surface area contributed by atoms with Crippen LogP contribution in [0.25, 0.3) is 0 Å². The molecule has 4 heteroatoms. The molecule has 3 rings (SSSR count). The van der Waals surface area contributed by atoms with Gasteiger partial charge in [0.1, 0.15) is 0 Å². The van der Waals surface area contributed by atoms with Crippen molar-refractivity contribution in [1.82, 2.24) is 4.98 Å². The standard InChI is InChI=1S/C21H24ClNO2/c1-2-3-15-4-6-16(7-5-15)17-8-10-18(11-9-17)21(24)25-20-12-19(22)13-23-14-20/h8-16H,2-7H2,1H3. The third kappa shape index (κ3) is 4.82. The van der Waals surface area contributed by atoms with Crippen molar-refractivity contribution >= 4 is 17.6 Å². The molecule has 0 aliphatic heterocycles. The van der Waals surface area contributed by atoms with E-state index in [2.05, 4.69) is 24.0 Å². The number of hydrogen-bond acceptors (Lipinski definition) is 3. The zero-order valence-electron chi connectivity index (χ0n) is 14.6. The number of ether oxygens (including phenoxy) is 1. The van der Waals surface area contributed by atoms with E-state index in [1.54, 1.807) is 6.07 Å². The van der Waals surface area contributed by atoms with Gasteiger partial charge in [-0.2, -0.15) is 0 Å². The number of rotatable bonds is 5. The summed E-state index contributed by atoms with van der Waals surface area (Å²) in [4.78, 5) is 16.2. The van der Waals surface area contributed by atoms with Crippen LogP contribution in [-0.2, 0) is 0 Å². The fourth-order valence-electron chi connectivity index (χ4n) is 3.70. The van der Waals surface area contributed by atoms with Crippen LogP contribution in [0.15, 0.2) is 42.7 Å². The summed E-state index contributed by atoms with van der Waals surface area (Å²) >= 11 is 5.86. The summed E-state index contributed by atoms with van der Waals surface area (Å²) in [6.45, 7) is 2.27. The molecule has 0 N–H and O–H groups in total. The SMILES string of the molecule is CCCC1CCC(c2ccc(C(=O)Oc3cncc(Cl)c3)cc2)CC1. The van der Waals surface area contributed by atoms with Gasteiger partial charge in [0.2, 0.25) is 0 Å².